The number of ether oxygens (including phenoxy) is 1. The Bertz CT molecular complexity index is 892. The number of nitrogens with two attached hydrogens (primary N) is 1. The van der Waals surface area contributed by atoms with Gasteiger partial charge in [-0.15, -0.1) is 0 Å². The monoisotopic (exact) mass is 370 g/mol. The molecule has 134 valence electrons. The molecule has 2 aromatic rings. The van der Waals surface area contributed by atoms with Gasteiger partial charge in [-0.05, 0) is 31.0 Å². The number of rotatable bonds is 5. The normalized spacial score (nSPS) is 17.6. The average Bonchev–Trinajstić information content (AvgIpc) is 3.23. The number of carbonyl (C=O) groups excluding carboxylic acids is 1. The number of amides is 1. The zero-order chi connectivity index (χ0) is 18.0. The number of nitrogens with one attached hydrogen (secondary N) is 1. The standard InChI is InChI=1S/C14H15FN4O5S/c15-10-4-3-8(25(16,21)22)6-9(10)13(20)17-7-12-18-14(24-19-12)11-2-1-5-23-11/h3-4,6,11H,1-2,5,7H2,(H,17,20)(H2,16,21,22). The van der Waals surface area contributed by atoms with Crippen molar-refractivity contribution in [2.75, 3.05) is 6.61 Å². The van der Waals surface area contributed by atoms with Crippen molar-refractivity contribution in [1.29, 1.82) is 0 Å². The van der Waals surface area contributed by atoms with Crippen molar-refractivity contribution in [2.45, 2.75) is 30.4 Å². The highest BCUT2D eigenvalue weighted by molar-refractivity contribution is 7.89. The van der Waals surface area contributed by atoms with E-state index in [0.717, 1.165) is 31.0 Å². The zero-order valence-corrected chi connectivity index (χ0v) is 13.8. The van der Waals surface area contributed by atoms with Gasteiger partial charge < -0.3 is 14.6 Å². The minimum absolute atomic E-state index is 0.117. The van der Waals surface area contributed by atoms with Crippen LogP contribution in [0.4, 0.5) is 4.39 Å². The van der Waals surface area contributed by atoms with Crippen LogP contribution in [0.25, 0.3) is 0 Å². The smallest absolute Gasteiger partial charge is 0.255 e. The molecule has 11 heteroatoms. The van der Waals surface area contributed by atoms with E-state index < -0.39 is 27.3 Å². The molecule has 0 spiro atoms. The topological polar surface area (TPSA) is 137 Å². The van der Waals surface area contributed by atoms with E-state index in [2.05, 4.69) is 15.5 Å². The highest BCUT2D eigenvalue weighted by Gasteiger charge is 2.24. The maximum absolute atomic E-state index is 13.8. The molecule has 1 amide bonds. The maximum Gasteiger partial charge on any atom is 0.255 e. The Balaban J connectivity index is 1.68. The number of nitrogens with zero attached hydrogens (tertiary/aromatic N) is 2. The van der Waals surface area contributed by atoms with Crippen LogP contribution in [0.15, 0.2) is 27.6 Å². The summed E-state index contributed by atoms with van der Waals surface area (Å²) in [7, 11) is -4.05. The minimum atomic E-state index is -4.05. The lowest BCUT2D eigenvalue weighted by Crippen LogP contribution is -2.25. The molecule has 1 aliphatic rings. The summed E-state index contributed by atoms with van der Waals surface area (Å²) in [4.78, 5) is 15.8. The van der Waals surface area contributed by atoms with Crippen LogP contribution >= 0.6 is 0 Å². The van der Waals surface area contributed by atoms with E-state index in [-0.39, 0.29) is 23.4 Å². The molecule has 1 aromatic carbocycles. The van der Waals surface area contributed by atoms with Gasteiger partial charge in [0, 0.05) is 6.61 Å². The Hall–Kier alpha value is -2.37. The van der Waals surface area contributed by atoms with Crippen LogP contribution in [0.1, 0.15) is 41.0 Å². The molecular weight excluding hydrogens is 355 g/mol. The van der Waals surface area contributed by atoms with Crippen LogP contribution in [0.2, 0.25) is 0 Å². The minimum Gasteiger partial charge on any atom is -0.368 e. The van der Waals surface area contributed by atoms with Crippen LogP contribution < -0.4 is 10.5 Å². The van der Waals surface area contributed by atoms with E-state index in [1.807, 2.05) is 0 Å². The molecule has 0 bridgehead atoms. The molecule has 1 fully saturated rings. The summed E-state index contributed by atoms with van der Waals surface area (Å²) in [6.45, 7) is 0.507. The van der Waals surface area contributed by atoms with E-state index in [9.17, 15) is 17.6 Å². The van der Waals surface area contributed by atoms with Crippen LogP contribution in [0.5, 0.6) is 0 Å². The van der Waals surface area contributed by atoms with Gasteiger partial charge in [0.1, 0.15) is 11.9 Å². The number of primary sulfonamides is 1. The summed E-state index contributed by atoms with van der Waals surface area (Å²) < 4.78 is 46.9. The zero-order valence-electron chi connectivity index (χ0n) is 12.9. The number of sulfonamides is 1. The third-order valence-electron chi connectivity index (χ3n) is 3.61. The van der Waals surface area contributed by atoms with Crippen LogP contribution in [0.3, 0.4) is 0 Å². The highest BCUT2D eigenvalue weighted by Crippen LogP contribution is 2.26. The molecular formula is C14H15FN4O5S. The van der Waals surface area contributed by atoms with Crippen molar-refractivity contribution in [1.82, 2.24) is 15.5 Å². The molecule has 1 saturated heterocycles. The first-order valence-corrected chi connectivity index (χ1v) is 8.94. The van der Waals surface area contributed by atoms with Gasteiger partial charge >= 0.3 is 0 Å². The van der Waals surface area contributed by atoms with E-state index in [1.54, 1.807) is 0 Å². The van der Waals surface area contributed by atoms with Crippen molar-refractivity contribution in [3.63, 3.8) is 0 Å². The molecule has 3 rings (SSSR count). The van der Waals surface area contributed by atoms with Crippen molar-refractivity contribution >= 4 is 15.9 Å². The number of hydrogen-bond acceptors (Lipinski definition) is 7. The number of carbonyl (C=O) groups is 1. The largest absolute Gasteiger partial charge is 0.368 e. The number of halogens is 1. The van der Waals surface area contributed by atoms with E-state index in [0.29, 0.717) is 12.5 Å². The quantitative estimate of drug-likeness (QED) is 0.787. The van der Waals surface area contributed by atoms with Crippen LogP contribution in [-0.2, 0) is 21.3 Å². The van der Waals surface area contributed by atoms with Gasteiger partial charge in [0.15, 0.2) is 5.82 Å². The van der Waals surface area contributed by atoms with E-state index >= 15 is 0 Å². The second kappa shape index (κ2) is 6.86. The molecule has 3 N–H and O–H groups in total. The molecule has 1 aromatic heterocycles. The van der Waals surface area contributed by atoms with Gasteiger partial charge in [0.2, 0.25) is 10.0 Å². The summed E-state index contributed by atoms with van der Waals surface area (Å²) in [5.74, 6) is -1.18. The fraction of sp³-hybridized carbons (Fsp3) is 0.357. The van der Waals surface area contributed by atoms with Gasteiger partial charge in [-0.1, -0.05) is 5.16 Å². The van der Waals surface area contributed by atoms with Crippen LogP contribution in [0, 0.1) is 5.82 Å². The van der Waals surface area contributed by atoms with Gasteiger partial charge in [0.25, 0.3) is 11.8 Å². The maximum atomic E-state index is 13.8. The molecule has 0 saturated carbocycles. The second-order valence-electron chi connectivity index (χ2n) is 5.42. The molecule has 1 aliphatic heterocycles. The Morgan fingerprint density at radius 2 is 2.24 bits per heavy atom. The van der Waals surface area contributed by atoms with Crippen molar-refractivity contribution < 1.29 is 26.9 Å². The Kier molecular flexibility index (Phi) is 4.79. The summed E-state index contributed by atoms with van der Waals surface area (Å²) >= 11 is 0. The Morgan fingerprint density at radius 3 is 2.92 bits per heavy atom. The number of benzene rings is 1. The fourth-order valence-corrected chi connectivity index (χ4v) is 2.89. The van der Waals surface area contributed by atoms with Crippen molar-refractivity contribution in [3.8, 4) is 0 Å². The van der Waals surface area contributed by atoms with Crippen molar-refractivity contribution in [3.05, 3.63) is 41.3 Å². The van der Waals surface area contributed by atoms with Gasteiger partial charge in [-0.2, -0.15) is 4.98 Å². The predicted octanol–water partition coefficient (Wildman–Crippen LogP) is 0.638. The lowest BCUT2D eigenvalue weighted by Gasteiger charge is -2.06. The van der Waals surface area contributed by atoms with E-state index in [4.69, 9.17) is 14.4 Å². The molecule has 1 atom stereocenters. The molecule has 1 unspecified atom stereocenters. The molecule has 0 aliphatic carbocycles. The Morgan fingerprint density at radius 1 is 1.44 bits per heavy atom. The summed E-state index contributed by atoms with van der Waals surface area (Å²) in [5, 5.41) is 11.1. The first-order chi connectivity index (χ1) is 11.8. The number of hydrogen-bond donors (Lipinski definition) is 2. The van der Waals surface area contributed by atoms with Crippen LogP contribution in [-0.4, -0.2) is 31.1 Å². The van der Waals surface area contributed by atoms with Gasteiger partial charge in [0.05, 0.1) is 17.0 Å². The molecule has 0 radical (unpaired) electrons. The first kappa shape index (κ1) is 17.5. The first-order valence-electron chi connectivity index (χ1n) is 7.39. The predicted molar refractivity (Wildman–Crippen MR) is 81.2 cm³/mol. The van der Waals surface area contributed by atoms with Gasteiger partial charge in [-0.3, -0.25) is 4.79 Å². The third kappa shape index (κ3) is 4.00. The third-order valence-corrected chi connectivity index (χ3v) is 4.52. The molecule has 2 heterocycles. The lowest BCUT2D eigenvalue weighted by atomic mass is 10.2. The highest BCUT2D eigenvalue weighted by atomic mass is 32.2. The summed E-state index contributed by atoms with van der Waals surface area (Å²) in [6.07, 6.45) is 1.43. The van der Waals surface area contributed by atoms with E-state index in [1.165, 1.54) is 0 Å². The molecule has 25 heavy (non-hydrogen) atoms. The average molecular weight is 370 g/mol. The van der Waals surface area contributed by atoms with Gasteiger partial charge in [-0.25, -0.2) is 17.9 Å². The second-order valence-corrected chi connectivity index (χ2v) is 6.98. The van der Waals surface area contributed by atoms with Crippen molar-refractivity contribution in [2.24, 2.45) is 5.14 Å². The number of aromatic nitrogens is 2. The Labute approximate surface area is 142 Å². The summed E-state index contributed by atoms with van der Waals surface area (Å²) in [5.41, 5.74) is -0.450. The lowest BCUT2D eigenvalue weighted by molar-refractivity contribution is 0.0835. The fourth-order valence-electron chi connectivity index (χ4n) is 2.35. The summed E-state index contributed by atoms with van der Waals surface area (Å²) in [6, 6.07) is 2.71. The SMILES string of the molecule is NS(=O)(=O)c1ccc(F)c(C(=O)NCc2noc(C3CCCO3)n2)c1. The molecule has 9 nitrogen and oxygen atoms in total.